The predicted octanol–water partition coefficient (Wildman–Crippen LogP) is 6.12. The molecule has 1 aliphatic rings. The molecule has 0 radical (unpaired) electrons. The van der Waals surface area contributed by atoms with Crippen molar-refractivity contribution in [2.45, 2.75) is 69.8 Å². The molecule has 0 aliphatic carbocycles. The fraction of sp³-hybridized carbons (Fsp3) is 0.556. The summed E-state index contributed by atoms with van der Waals surface area (Å²) >= 11 is 0. The third-order valence-corrected chi connectivity index (χ3v) is 6.67. The van der Waals surface area contributed by atoms with Gasteiger partial charge < -0.3 is 14.7 Å². The number of methoxy groups -OCH3 is 1. The Labute approximate surface area is 183 Å². The second-order valence-electron chi connectivity index (χ2n) is 8.79. The molecule has 1 fully saturated rings. The van der Waals surface area contributed by atoms with Crippen molar-refractivity contribution in [3.63, 3.8) is 0 Å². The van der Waals surface area contributed by atoms with Gasteiger partial charge in [0.15, 0.2) is 0 Å². The second-order valence-corrected chi connectivity index (χ2v) is 8.79. The van der Waals surface area contributed by atoms with Gasteiger partial charge in [-0.15, -0.1) is 0 Å². The monoisotopic (exact) mass is 409 g/mol. The molecule has 2 aromatic carbocycles. The maximum Gasteiger partial charge on any atom is 0.118 e. The van der Waals surface area contributed by atoms with E-state index in [4.69, 9.17) is 4.74 Å². The van der Waals surface area contributed by atoms with Crippen molar-refractivity contribution < 1.29 is 9.84 Å². The fourth-order valence-electron chi connectivity index (χ4n) is 4.84. The highest BCUT2D eigenvalue weighted by atomic mass is 16.5. The lowest BCUT2D eigenvalue weighted by Crippen LogP contribution is -2.42. The Hall–Kier alpha value is -1.84. The Morgan fingerprint density at radius 1 is 0.933 bits per heavy atom. The van der Waals surface area contributed by atoms with E-state index in [2.05, 4.69) is 54.3 Å². The van der Waals surface area contributed by atoms with E-state index in [0.29, 0.717) is 0 Å². The van der Waals surface area contributed by atoms with Crippen molar-refractivity contribution >= 4 is 0 Å². The molecular weight excluding hydrogens is 370 g/mol. The number of hydrogen-bond donors (Lipinski definition) is 1. The normalized spacial score (nSPS) is 18.0. The topological polar surface area (TPSA) is 32.7 Å². The lowest BCUT2D eigenvalue weighted by Gasteiger charge is -2.41. The second kappa shape index (κ2) is 11.5. The minimum Gasteiger partial charge on any atom is -0.497 e. The van der Waals surface area contributed by atoms with Crippen LogP contribution in [0.5, 0.6) is 5.75 Å². The highest BCUT2D eigenvalue weighted by molar-refractivity contribution is 5.35. The van der Waals surface area contributed by atoms with Crippen LogP contribution in [0, 0.1) is 0 Å². The summed E-state index contributed by atoms with van der Waals surface area (Å²) in [6.07, 6.45) is 9.27. The maximum absolute atomic E-state index is 12.3. The predicted molar refractivity (Wildman–Crippen MR) is 125 cm³/mol. The van der Waals surface area contributed by atoms with Crippen LogP contribution in [0.1, 0.15) is 75.3 Å². The van der Waals surface area contributed by atoms with Gasteiger partial charge in [0.25, 0.3) is 0 Å². The Kier molecular flexibility index (Phi) is 8.77. The van der Waals surface area contributed by atoms with Crippen molar-refractivity contribution in [2.75, 3.05) is 26.7 Å². The number of aliphatic hydroxyl groups is 1. The number of hydrogen-bond acceptors (Lipinski definition) is 3. The quantitative estimate of drug-likeness (QED) is 0.454. The molecule has 0 bridgehead atoms. The van der Waals surface area contributed by atoms with E-state index in [9.17, 15) is 5.11 Å². The third kappa shape index (κ3) is 5.86. The summed E-state index contributed by atoms with van der Waals surface area (Å²) in [5.74, 6) is 0.881. The highest BCUT2D eigenvalue weighted by Crippen LogP contribution is 2.42. The van der Waals surface area contributed by atoms with Gasteiger partial charge >= 0.3 is 0 Å². The van der Waals surface area contributed by atoms with E-state index in [1.165, 1.54) is 44.1 Å². The van der Waals surface area contributed by atoms with Crippen molar-refractivity contribution in [1.29, 1.82) is 0 Å². The summed E-state index contributed by atoms with van der Waals surface area (Å²) in [5, 5.41) is 12.3. The lowest BCUT2D eigenvalue weighted by atomic mass is 9.73. The smallest absolute Gasteiger partial charge is 0.118 e. The van der Waals surface area contributed by atoms with E-state index < -0.39 is 5.60 Å². The lowest BCUT2D eigenvalue weighted by molar-refractivity contribution is -0.0167. The Bertz CT molecular complexity index is 724. The van der Waals surface area contributed by atoms with Crippen LogP contribution in [-0.2, 0) is 5.60 Å². The van der Waals surface area contributed by atoms with Crippen molar-refractivity contribution in [3.05, 3.63) is 65.7 Å². The number of piperidine rings is 1. The van der Waals surface area contributed by atoms with Gasteiger partial charge in [-0.05, 0) is 55.6 Å². The average Bonchev–Trinajstić information content (AvgIpc) is 2.81. The van der Waals surface area contributed by atoms with Gasteiger partial charge in [-0.25, -0.2) is 0 Å². The summed E-state index contributed by atoms with van der Waals surface area (Å²) < 4.78 is 5.37. The Morgan fingerprint density at radius 3 is 2.27 bits per heavy atom. The zero-order valence-corrected chi connectivity index (χ0v) is 18.9. The molecule has 0 unspecified atom stereocenters. The summed E-state index contributed by atoms with van der Waals surface area (Å²) in [6, 6.07) is 18.7. The first kappa shape index (κ1) is 22.8. The van der Waals surface area contributed by atoms with Crippen LogP contribution in [0.15, 0.2) is 54.6 Å². The van der Waals surface area contributed by atoms with E-state index in [-0.39, 0.29) is 5.92 Å². The summed E-state index contributed by atoms with van der Waals surface area (Å²) in [7, 11) is 1.69. The molecule has 2 atom stereocenters. The molecule has 164 valence electrons. The van der Waals surface area contributed by atoms with Crippen LogP contribution < -0.4 is 4.74 Å². The van der Waals surface area contributed by atoms with Gasteiger partial charge in [0.1, 0.15) is 5.75 Å². The Morgan fingerprint density at radius 2 is 1.63 bits per heavy atom. The van der Waals surface area contributed by atoms with E-state index >= 15 is 0 Å². The summed E-state index contributed by atoms with van der Waals surface area (Å²) in [5.41, 5.74) is 1.35. The number of likely N-dealkylation sites (tertiary alicyclic amines) is 1. The van der Waals surface area contributed by atoms with E-state index in [1.807, 2.05) is 12.1 Å². The third-order valence-electron chi connectivity index (χ3n) is 6.67. The van der Waals surface area contributed by atoms with Crippen LogP contribution in [-0.4, -0.2) is 36.8 Å². The molecule has 1 N–H and O–H groups in total. The van der Waals surface area contributed by atoms with Crippen molar-refractivity contribution in [2.24, 2.45) is 0 Å². The number of ether oxygens (including phenoxy) is 1. The molecule has 1 heterocycles. The van der Waals surface area contributed by atoms with Gasteiger partial charge in [-0.3, -0.25) is 0 Å². The largest absolute Gasteiger partial charge is 0.497 e. The Balaban J connectivity index is 1.95. The molecule has 0 spiro atoms. The number of nitrogens with zero attached hydrogens (tertiary/aromatic N) is 1. The molecule has 30 heavy (non-hydrogen) atoms. The first-order chi connectivity index (χ1) is 14.7. The molecule has 0 aromatic heterocycles. The number of benzene rings is 2. The zero-order chi connectivity index (χ0) is 21.2. The SMILES string of the molecule is CCCCCC[C@](O)(c1ccc(OC)cc1)[C@@H](CN1CCCCC1)c1ccccc1. The summed E-state index contributed by atoms with van der Waals surface area (Å²) in [4.78, 5) is 2.56. The molecule has 3 rings (SSSR count). The van der Waals surface area contributed by atoms with Gasteiger partial charge in [0, 0.05) is 12.5 Å². The molecular formula is C27H39NO2. The van der Waals surface area contributed by atoms with Crippen molar-refractivity contribution in [3.8, 4) is 5.75 Å². The molecule has 3 heteroatoms. The van der Waals surface area contributed by atoms with Gasteiger partial charge in [-0.2, -0.15) is 0 Å². The van der Waals surface area contributed by atoms with Gasteiger partial charge in [0.2, 0.25) is 0 Å². The molecule has 2 aromatic rings. The average molecular weight is 410 g/mol. The van der Waals surface area contributed by atoms with E-state index in [1.54, 1.807) is 7.11 Å². The van der Waals surface area contributed by atoms with Crippen LogP contribution in [0.3, 0.4) is 0 Å². The van der Waals surface area contributed by atoms with Crippen LogP contribution in [0.2, 0.25) is 0 Å². The number of rotatable bonds is 11. The zero-order valence-electron chi connectivity index (χ0n) is 18.9. The van der Waals surface area contributed by atoms with Gasteiger partial charge in [-0.1, -0.05) is 81.5 Å². The molecule has 0 amide bonds. The first-order valence-electron chi connectivity index (χ1n) is 11.8. The maximum atomic E-state index is 12.3. The van der Waals surface area contributed by atoms with E-state index in [0.717, 1.165) is 43.8 Å². The minimum atomic E-state index is -0.890. The fourth-order valence-corrected chi connectivity index (χ4v) is 4.84. The van der Waals surface area contributed by atoms with Crippen LogP contribution in [0.25, 0.3) is 0 Å². The van der Waals surface area contributed by atoms with Crippen molar-refractivity contribution in [1.82, 2.24) is 4.90 Å². The highest BCUT2D eigenvalue weighted by Gasteiger charge is 2.40. The van der Waals surface area contributed by atoms with Gasteiger partial charge in [0.05, 0.1) is 12.7 Å². The molecule has 3 nitrogen and oxygen atoms in total. The minimum absolute atomic E-state index is 0.0480. The standard InChI is InChI=1S/C27H39NO2/c1-3-4-5-10-19-27(29,24-15-17-25(30-2)18-16-24)26(23-13-8-6-9-14-23)22-28-20-11-7-12-21-28/h6,8-9,13-18,26,29H,3-5,7,10-12,19-22H2,1-2H3/t26-,27-/m0/s1. The molecule has 0 saturated carbocycles. The molecule has 1 saturated heterocycles. The summed E-state index contributed by atoms with van der Waals surface area (Å²) in [6.45, 7) is 5.41. The number of unbranched alkanes of at least 4 members (excludes halogenated alkanes) is 3. The molecule has 1 aliphatic heterocycles. The van der Waals surface area contributed by atoms with Crippen LogP contribution >= 0.6 is 0 Å². The first-order valence-corrected chi connectivity index (χ1v) is 11.8. The van der Waals surface area contributed by atoms with Crippen LogP contribution in [0.4, 0.5) is 0 Å².